The van der Waals surface area contributed by atoms with Gasteiger partial charge < -0.3 is 14.4 Å². The first-order valence-corrected chi connectivity index (χ1v) is 8.56. The molecule has 0 aliphatic carbocycles. The third kappa shape index (κ3) is 3.93. The fraction of sp³-hybridized carbons (Fsp3) is 0.211. The maximum Gasteiger partial charge on any atom is 0.264 e. The summed E-state index contributed by atoms with van der Waals surface area (Å²) in [5, 5.41) is 10.4. The van der Waals surface area contributed by atoms with E-state index < -0.39 is 6.10 Å². The highest BCUT2D eigenvalue weighted by Crippen LogP contribution is 2.22. The van der Waals surface area contributed by atoms with Crippen LogP contribution in [0.4, 0.5) is 0 Å². The Bertz CT molecular complexity index is 780. The molecule has 124 valence electrons. The minimum absolute atomic E-state index is 0.0810. The highest BCUT2D eigenvalue weighted by molar-refractivity contribution is 7.13. The van der Waals surface area contributed by atoms with Crippen molar-refractivity contribution < 1.29 is 14.3 Å². The quantitative estimate of drug-likeness (QED) is 0.736. The predicted molar refractivity (Wildman–Crippen MR) is 93.9 cm³/mol. The van der Waals surface area contributed by atoms with Crippen molar-refractivity contribution >= 4 is 17.2 Å². The van der Waals surface area contributed by atoms with Gasteiger partial charge in [-0.1, -0.05) is 30.3 Å². The lowest BCUT2D eigenvalue weighted by atomic mass is 10.2. The van der Waals surface area contributed by atoms with Crippen LogP contribution in [0.1, 0.15) is 32.0 Å². The Hall–Kier alpha value is -2.37. The number of carbonyl (C=O) groups is 1. The second-order valence-electron chi connectivity index (χ2n) is 5.61. The number of carbonyl (C=O) groups excluding carboxylic acids is 1. The van der Waals surface area contributed by atoms with E-state index in [2.05, 4.69) is 0 Å². The van der Waals surface area contributed by atoms with E-state index in [1.165, 1.54) is 17.6 Å². The molecule has 2 heterocycles. The Morgan fingerprint density at radius 3 is 2.58 bits per heavy atom. The number of nitrogens with zero attached hydrogens (tertiary/aromatic N) is 1. The lowest BCUT2D eigenvalue weighted by Gasteiger charge is -2.24. The molecule has 1 amide bonds. The van der Waals surface area contributed by atoms with E-state index in [0.29, 0.717) is 17.2 Å². The molecular formula is C19H19NO3S. The van der Waals surface area contributed by atoms with Crippen LogP contribution in [-0.4, -0.2) is 22.5 Å². The number of aliphatic hydroxyl groups is 1. The second-order valence-corrected chi connectivity index (χ2v) is 6.90. The molecule has 0 aliphatic rings. The van der Waals surface area contributed by atoms with Crippen LogP contribution in [0.25, 0.3) is 0 Å². The van der Waals surface area contributed by atoms with Crippen LogP contribution >= 0.6 is 11.3 Å². The Morgan fingerprint density at radius 1 is 1.17 bits per heavy atom. The summed E-state index contributed by atoms with van der Waals surface area (Å²) in [6.45, 7) is 2.59. The first-order chi connectivity index (χ1) is 11.6. The van der Waals surface area contributed by atoms with Crippen LogP contribution in [0.2, 0.25) is 0 Å². The Labute approximate surface area is 145 Å². The maximum atomic E-state index is 12.9. The highest BCUT2D eigenvalue weighted by Gasteiger charge is 2.22. The van der Waals surface area contributed by atoms with Crippen molar-refractivity contribution in [2.75, 3.05) is 6.54 Å². The van der Waals surface area contributed by atoms with Crippen LogP contribution in [-0.2, 0) is 6.54 Å². The predicted octanol–water partition coefficient (Wildman–Crippen LogP) is 4.03. The zero-order valence-corrected chi connectivity index (χ0v) is 14.2. The molecule has 4 nitrogen and oxygen atoms in total. The van der Waals surface area contributed by atoms with E-state index in [1.807, 2.05) is 49.4 Å². The fourth-order valence-corrected chi connectivity index (χ4v) is 3.34. The molecule has 1 atom stereocenters. The average molecular weight is 341 g/mol. The van der Waals surface area contributed by atoms with Crippen molar-refractivity contribution in [1.82, 2.24) is 4.90 Å². The molecule has 3 rings (SSSR count). The summed E-state index contributed by atoms with van der Waals surface area (Å²) in [5.41, 5.74) is 1.02. The van der Waals surface area contributed by atoms with Gasteiger partial charge in [0.1, 0.15) is 11.9 Å². The van der Waals surface area contributed by atoms with E-state index >= 15 is 0 Å². The molecule has 2 aromatic heterocycles. The summed E-state index contributed by atoms with van der Waals surface area (Å²) < 4.78 is 5.25. The van der Waals surface area contributed by atoms with Crippen molar-refractivity contribution in [3.05, 3.63) is 81.9 Å². The lowest BCUT2D eigenvalue weighted by molar-refractivity contribution is 0.0567. The third-order valence-electron chi connectivity index (χ3n) is 3.72. The fourth-order valence-electron chi connectivity index (χ4n) is 2.51. The highest BCUT2D eigenvalue weighted by atomic mass is 32.1. The normalized spacial score (nSPS) is 12.1. The smallest absolute Gasteiger partial charge is 0.264 e. The van der Waals surface area contributed by atoms with Gasteiger partial charge in [0.15, 0.2) is 0 Å². The molecule has 24 heavy (non-hydrogen) atoms. The van der Waals surface area contributed by atoms with Gasteiger partial charge in [-0.3, -0.25) is 4.79 Å². The number of hydrogen-bond acceptors (Lipinski definition) is 4. The zero-order valence-electron chi connectivity index (χ0n) is 13.4. The first-order valence-electron chi connectivity index (χ1n) is 7.74. The number of furan rings is 1. The van der Waals surface area contributed by atoms with E-state index in [9.17, 15) is 9.90 Å². The number of hydrogen-bond donors (Lipinski definition) is 1. The topological polar surface area (TPSA) is 53.7 Å². The molecular weight excluding hydrogens is 322 g/mol. The van der Waals surface area contributed by atoms with Gasteiger partial charge in [0.25, 0.3) is 5.91 Å². The number of aryl methyl sites for hydroxylation is 1. The number of aliphatic hydroxyl groups excluding tert-OH is 1. The second kappa shape index (κ2) is 7.47. The molecule has 0 fully saturated rings. The van der Waals surface area contributed by atoms with Crippen LogP contribution in [0.3, 0.4) is 0 Å². The standard InChI is InChI=1S/C19H19NO3S/c1-14-9-10-18(24-14)19(22)20(12-15-6-3-2-4-7-15)13-16(21)17-8-5-11-23-17/h2-11,16,21H,12-13H2,1H3. The summed E-state index contributed by atoms with van der Waals surface area (Å²) in [6.07, 6.45) is 0.665. The van der Waals surface area contributed by atoms with Gasteiger partial charge in [-0.25, -0.2) is 0 Å². The van der Waals surface area contributed by atoms with Crippen LogP contribution < -0.4 is 0 Å². The van der Waals surface area contributed by atoms with E-state index in [0.717, 1.165) is 10.4 Å². The SMILES string of the molecule is Cc1ccc(C(=O)N(Cc2ccccc2)CC(O)c2ccco2)s1. The molecule has 0 aliphatic heterocycles. The van der Waals surface area contributed by atoms with Crippen LogP contribution in [0.15, 0.2) is 65.3 Å². The van der Waals surface area contributed by atoms with Gasteiger partial charge in [0, 0.05) is 11.4 Å². The van der Waals surface area contributed by atoms with Gasteiger partial charge in [-0.2, -0.15) is 0 Å². The van der Waals surface area contributed by atoms with E-state index in [-0.39, 0.29) is 12.5 Å². The molecule has 1 N–H and O–H groups in total. The van der Waals surface area contributed by atoms with Gasteiger partial charge >= 0.3 is 0 Å². The molecule has 1 unspecified atom stereocenters. The number of benzene rings is 1. The Balaban J connectivity index is 1.81. The van der Waals surface area contributed by atoms with Gasteiger partial charge in [0.05, 0.1) is 17.7 Å². The average Bonchev–Trinajstić information content (AvgIpc) is 3.26. The molecule has 0 saturated heterocycles. The summed E-state index contributed by atoms with van der Waals surface area (Å²) in [4.78, 5) is 16.3. The zero-order chi connectivity index (χ0) is 16.9. The Kier molecular flexibility index (Phi) is 5.13. The summed E-state index contributed by atoms with van der Waals surface area (Å²) in [7, 11) is 0. The Morgan fingerprint density at radius 2 is 1.96 bits per heavy atom. The summed E-state index contributed by atoms with van der Waals surface area (Å²) in [5.74, 6) is 0.380. The lowest BCUT2D eigenvalue weighted by Crippen LogP contribution is -2.33. The molecule has 0 bridgehead atoms. The minimum Gasteiger partial charge on any atom is -0.467 e. The first kappa shape index (κ1) is 16.5. The monoisotopic (exact) mass is 341 g/mol. The molecule has 0 spiro atoms. The van der Waals surface area contributed by atoms with Crippen LogP contribution in [0.5, 0.6) is 0 Å². The minimum atomic E-state index is -0.853. The molecule has 0 radical (unpaired) electrons. The van der Waals surface area contributed by atoms with E-state index in [4.69, 9.17) is 4.42 Å². The van der Waals surface area contributed by atoms with Crippen molar-refractivity contribution in [3.8, 4) is 0 Å². The summed E-state index contributed by atoms with van der Waals surface area (Å²) in [6, 6.07) is 17.0. The molecule has 0 saturated carbocycles. The number of amides is 1. The number of thiophene rings is 1. The van der Waals surface area contributed by atoms with Crippen molar-refractivity contribution in [2.45, 2.75) is 19.6 Å². The summed E-state index contributed by atoms with van der Waals surface area (Å²) >= 11 is 1.46. The number of rotatable bonds is 6. The third-order valence-corrected chi connectivity index (χ3v) is 4.71. The van der Waals surface area contributed by atoms with Gasteiger partial charge in [0.2, 0.25) is 0 Å². The van der Waals surface area contributed by atoms with Gasteiger partial charge in [-0.05, 0) is 36.8 Å². The maximum absolute atomic E-state index is 12.9. The largest absolute Gasteiger partial charge is 0.467 e. The van der Waals surface area contributed by atoms with Crippen LogP contribution in [0, 0.1) is 6.92 Å². The van der Waals surface area contributed by atoms with Crippen molar-refractivity contribution in [3.63, 3.8) is 0 Å². The molecule has 3 aromatic rings. The van der Waals surface area contributed by atoms with Crippen molar-refractivity contribution in [2.24, 2.45) is 0 Å². The molecule has 5 heteroatoms. The van der Waals surface area contributed by atoms with Gasteiger partial charge in [-0.15, -0.1) is 11.3 Å². The van der Waals surface area contributed by atoms with Crippen molar-refractivity contribution in [1.29, 1.82) is 0 Å². The van der Waals surface area contributed by atoms with E-state index in [1.54, 1.807) is 17.0 Å². The molecule has 1 aromatic carbocycles.